The van der Waals surface area contributed by atoms with Crippen LogP contribution in [0.25, 0.3) is 0 Å². The van der Waals surface area contributed by atoms with Crippen LogP contribution < -0.4 is 0 Å². The van der Waals surface area contributed by atoms with Crippen LogP contribution in [-0.2, 0) is 19.0 Å². The van der Waals surface area contributed by atoms with Crippen LogP contribution >= 0.6 is 0 Å². The van der Waals surface area contributed by atoms with Gasteiger partial charge < -0.3 is 19.1 Å². The van der Waals surface area contributed by atoms with E-state index < -0.39 is 23.7 Å². The zero-order valence-electron chi connectivity index (χ0n) is 14.4. The first-order valence-corrected chi connectivity index (χ1v) is 8.22. The molecule has 0 N–H and O–H groups in total. The summed E-state index contributed by atoms with van der Waals surface area (Å²) in [6.45, 7) is 2.25. The molecule has 0 unspecified atom stereocenters. The monoisotopic (exact) mass is 386 g/mol. The van der Waals surface area contributed by atoms with Crippen LogP contribution in [0.3, 0.4) is 0 Å². The molecule has 0 radical (unpaired) electrons. The number of pyridine rings is 1. The van der Waals surface area contributed by atoms with Gasteiger partial charge in [-0.3, -0.25) is 4.98 Å². The zero-order chi connectivity index (χ0) is 19.5. The number of nitrogens with zero attached hydrogens (tertiary/aromatic N) is 4. The molecule has 0 bridgehead atoms. The number of hydrogen-bond donors (Lipinski definition) is 0. The first kappa shape index (κ1) is 19.1. The topological polar surface area (TPSA) is 85.6 Å². The Morgan fingerprint density at radius 3 is 2.67 bits per heavy atom. The summed E-state index contributed by atoms with van der Waals surface area (Å²) in [5.41, 5.74) is -3.27. The van der Waals surface area contributed by atoms with Gasteiger partial charge in [0, 0.05) is 25.5 Å². The maximum absolute atomic E-state index is 14.0. The summed E-state index contributed by atoms with van der Waals surface area (Å²) in [7, 11) is 0. The molecule has 1 atom stereocenters. The minimum atomic E-state index is -5.13. The van der Waals surface area contributed by atoms with Crippen molar-refractivity contribution in [2.75, 3.05) is 32.9 Å². The fourth-order valence-corrected chi connectivity index (χ4v) is 2.51. The molecule has 0 aromatic carbocycles. The lowest BCUT2D eigenvalue weighted by Crippen LogP contribution is -2.56. The second-order valence-electron chi connectivity index (χ2n) is 5.64. The Morgan fingerprint density at radius 2 is 2.07 bits per heavy atom. The highest BCUT2D eigenvalue weighted by Crippen LogP contribution is 2.39. The van der Waals surface area contributed by atoms with Crippen molar-refractivity contribution < 1.29 is 32.2 Å². The van der Waals surface area contributed by atoms with E-state index in [0.717, 1.165) is 0 Å². The van der Waals surface area contributed by atoms with Gasteiger partial charge in [-0.25, -0.2) is 4.79 Å². The lowest BCUT2D eigenvalue weighted by Gasteiger charge is -2.35. The molecular weight excluding hydrogens is 369 g/mol. The van der Waals surface area contributed by atoms with E-state index in [9.17, 15) is 18.0 Å². The lowest BCUT2D eigenvalue weighted by atomic mass is 10.1. The van der Waals surface area contributed by atoms with Crippen molar-refractivity contribution in [3.05, 3.63) is 30.1 Å². The van der Waals surface area contributed by atoms with E-state index in [2.05, 4.69) is 19.7 Å². The third-order valence-electron chi connectivity index (χ3n) is 3.85. The number of morpholine rings is 1. The van der Waals surface area contributed by atoms with Gasteiger partial charge in [-0.05, 0) is 19.1 Å². The molecule has 8 nitrogen and oxygen atoms in total. The van der Waals surface area contributed by atoms with Gasteiger partial charge in [0.05, 0.1) is 25.4 Å². The second-order valence-corrected chi connectivity index (χ2v) is 5.64. The molecule has 11 heteroatoms. The van der Waals surface area contributed by atoms with Crippen LogP contribution in [0, 0.1) is 0 Å². The molecule has 3 heterocycles. The molecule has 2 aliphatic rings. The van der Waals surface area contributed by atoms with Gasteiger partial charge in [0.2, 0.25) is 5.90 Å². The number of halogens is 3. The van der Waals surface area contributed by atoms with Gasteiger partial charge in [0.15, 0.2) is 0 Å². The number of carbonyl (C=O) groups excluding carboxylic acids is 1. The summed E-state index contributed by atoms with van der Waals surface area (Å²) in [6.07, 6.45) is -2.40. The summed E-state index contributed by atoms with van der Waals surface area (Å²) >= 11 is 0. The number of ether oxygens (including phenoxy) is 3. The Labute approximate surface area is 152 Å². The predicted molar refractivity (Wildman–Crippen MR) is 87.1 cm³/mol. The number of rotatable bonds is 3. The Morgan fingerprint density at radius 1 is 1.33 bits per heavy atom. The summed E-state index contributed by atoms with van der Waals surface area (Å²) in [5, 5.41) is 0. The molecule has 0 aliphatic carbocycles. The average Bonchev–Trinajstić information content (AvgIpc) is 2.68. The molecule has 0 amide bonds. The van der Waals surface area contributed by atoms with Gasteiger partial charge >= 0.3 is 17.8 Å². The van der Waals surface area contributed by atoms with Crippen molar-refractivity contribution in [3.8, 4) is 0 Å². The number of alkyl halides is 3. The maximum atomic E-state index is 14.0. The highest BCUT2D eigenvalue weighted by Gasteiger charge is 2.65. The van der Waals surface area contributed by atoms with Crippen molar-refractivity contribution in [1.29, 1.82) is 0 Å². The van der Waals surface area contributed by atoms with E-state index >= 15 is 0 Å². The molecule has 2 aliphatic heterocycles. The molecule has 1 aromatic heterocycles. The van der Waals surface area contributed by atoms with E-state index in [-0.39, 0.29) is 31.3 Å². The second kappa shape index (κ2) is 7.51. The third kappa shape index (κ3) is 3.72. The van der Waals surface area contributed by atoms with Crippen LogP contribution in [0.15, 0.2) is 34.5 Å². The van der Waals surface area contributed by atoms with E-state index in [4.69, 9.17) is 9.47 Å². The van der Waals surface area contributed by atoms with Gasteiger partial charge in [0.25, 0.3) is 6.02 Å². The van der Waals surface area contributed by atoms with Gasteiger partial charge in [-0.15, -0.1) is 0 Å². The molecule has 146 valence electrons. The molecular formula is C16H17F3N4O4. The Kier molecular flexibility index (Phi) is 5.31. The van der Waals surface area contributed by atoms with Crippen LogP contribution in [0.5, 0.6) is 0 Å². The minimum absolute atomic E-state index is 0.177. The standard InChI is InChI=1S/C16H17F3N4O4/c1-2-26-13(24)15(16(17,18)19)21-12(11-4-3-5-20-10-11)27-14(22-15)23-6-8-25-9-7-23/h3-5,10H,2,6-9H2,1H3/t15-/m1/s1. The minimum Gasteiger partial charge on any atom is -0.462 e. The number of carbonyl (C=O) groups is 1. The molecule has 1 aromatic rings. The summed E-state index contributed by atoms with van der Waals surface area (Å²) in [6, 6.07) is 2.62. The fourth-order valence-electron chi connectivity index (χ4n) is 2.51. The first-order chi connectivity index (χ1) is 12.9. The van der Waals surface area contributed by atoms with E-state index in [1.807, 2.05) is 0 Å². The Hall–Kier alpha value is -2.69. The van der Waals surface area contributed by atoms with Gasteiger partial charge in [-0.1, -0.05) is 0 Å². The smallest absolute Gasteiger partial charge is 0.446 e. The Balaban J connectivity index is 2.12. The van der Waals surface area contributed by atoms with E-state index in [0.29, 0.717) is 13.2 Å². The summed E-state index contributed by atoms with van der Waals surface area (Å²) in [5.74, 6) is -2.03. The number of esters is 1. The maximum Gasteiger partial charge on any atom is 0.446 e. The summed E-state index contributed by atoms with van der Waals surface area (Å²) < 4.78 is 57.3. The van der Waals surface area contributed by atoms with Gasteiger partial charge in [-0.2, -0.15) is 23.2 Å². The molecule has 0 saturated carbocycles. The van der Waals surface area contributed by atoms with Crippen LogP contribution in [0.1, 0.15) is 12.5 Å². The molecule has 0 spiro atoms. The van der Waals surface area contributed by atoms with Crippen LogP contribution in [0.4, 0.5) is 13.2 Å². The largest absolute Gasteiger partial charge is 0.462 e. The normalized spacial score (nSPS) is 23.2. The van der Waals surface area contributed by atoms with Gasteiger partial charge in [0.1, 0.15) is 0 Å². The van der Waals surface area contributed by atoms with Crippen molar-refractivity contribution in [3.63, 3.8) is 0 Å². The van der Waals surface area contributed by atoms with Crippen molar-refractivity contribution in [2.45, 2.75) is 18.8 Å². The highest BCUT2D eigenvalue weighted by molar-refractivity contribution is 6.05. The zero-order valence-corrected chi connectivity index (χ0v) is 14.4. The van der Waals surface area contributed by atoms with Crippen LogP contribution in [-0.4, -0.2) is 72.5 Å². The van der Waals surface area contributed by atoms with Crippen molar-refractivity contribution in [2.24, 2.45) is 9.98 Å². The molecule has 27 heavy (non-hydrogen) atoms. The SMILES string of the molecule is CCOC(=O)[C@@]1(C(F)(F)F)N=C(c2cccnc2)OC(N2CCOCC2)=N1. The highest BCUT2D eigenvalue weighted by atomic mass is 19.4. The first-order valence-electron chi connectivity index (χ1n) is 8.22. The molecule has 1 saturated heterocycles. The van der Waals surface area contributed by atoms with E-state index in [1.165, 1.54) is 36.4 Å². The number of hydrogen-bond acceptors (Lipinski definition) is 8. The van der Waals surface area contributed by atoms with Crippen molar-refractivity contribution in [1.82, 2.24) is 9.88 Å². The molecule has 1 fully saturated rings. The van der Waals surface area contributed by atoms with Crippen molar-refractivity contribution >= 4 is 17.9 Å². The number of amidine groups is 1. The number of aromatic nitrogens is 1. The van der Waals surface area contributed by atoms with Crippen LogP contribution in [0.2, 0.25) is 0 Å². The van der Waals surface area contributed by atoms with E-state index in [1.54, 1.807) is 0 Å². The quantitative estimate of drug-likeness (QED) is 0.730. The Bertz CT molecular complexity index is 748. The number of aliphatic imine (C=N–C) groups is 2. The predicted octanol–water partition coefficient (Wildman–Crippen LogP) is 1.37. The summed E-state index contributed by atoms with van der Waals surface area (Å²) in [4.78, 5) is 24.7. The molecule has 3 rings (SSSR count). The fraction of sp³-hybridized carbons (Fsp3) is 0.500. The average molecular weight is 386 g/mol. The third-order valence-corrected chi connectivity index (χ3v) is 3.85. The lowest BCUT2D eigenvalue weighted by molar-refractivity contribution is -0.204.